The predicted molar refractivity (Wildman–Crippen MR) is 93.5 cm³/mol. The van der Waals surface area contributed by atoms with Gasteiger partial charge >= 0.3 is 0 Å². The number of carbonyl (C=O) groups excluding carboxylic acids is 1. The molecular weight excluding hydrogens is 300 g/mol. The Morgan fingerprint density at radius 1 is 1.36 bits per heavy atom. The van der Waals surface area contributed by atoms with Crippen molar-refractivity contribution in [1.29, 1.82) is 0 Å². The molecular formula is C15H30N4O2S. The van der Waals surface area contributed by atoms with E-state index < -0.39 is 0 Å². The number of amides is 1. The summed E-state index contributed by atoms with van der Waals surface area (Å²) in [4.78, 5) is 17.6. The molecule has 0 aromatic rings. The van der Waals surface area contributed by atoms with Crippen molar-refractivity contribution in [3.05, 3.63) is 0 Å². The quantitative estimate of drug-likeness (QED) is 0.372. The van der Waals surface area contributed by atoms with Gasteiger partial charge in [-0.2, -0.15) is 11.8 Å². The zero-order chi connectivity index (χ0) is 16.2. The van der Waals surface area contributed by atoms with Gasteiger partial charge < -0.3 is 20.3 Å². The summed E-state index contributed by atoms with van der Waals surface area (Å²) in [6, 6.07) is 0. The Morgan fingerprint density at radius 2 is 2.18 bits per heavy atom. The van der Waals surface area contributed by atoms with E-state index >= 15 is 0 Å². The number of thioether (sulfide) groups is 1. The summed E-state index contributed by atoms with van der Waals surface area (Å²) in [5.74, 6) is 2.45. The molecule has 0 spiro atoms. The smallest absolute Gasteiger partial charge is 0.243 e. The lowest BCUT2D eigenvalue weighted by Gasteiger charge is -2.15. The van der Waals surface area contributed by atoms with Gasteiger partial charge in [0.15, 0.2) is 5.96 Å². The highest BCUT2D eigenvalue weighted by molar-refractivity contribution is 7.98. The number of hydrogen-bond donors (Lipinski definition) is 2. The molecule has 0 radical (unpaired) electrons. The Balaban J connectivity index is 2.36. The molecule has 0 aromatic heterocycles. The molecule has 2 N–H and O–H groups in total. The standard InChI is InChI=1S/C15H30N4O2S/c1-19(2)14(20)11-18-15(16-7-4-5-9-22-3)17-10-13-6-8-21-12-13/h13H,4-12H2,1-3H3,(H2,16,17,18). The SMILES string of the molecule is CSCCCCNC(=NCC(=O)N(C)C)NCC1CCOC1. The fourth-order valence-corrected chi connectivity index (χ4v) is 2.52. The van der Waals surface area contributed by atoms with Crippen molar-refractivity contribution in [1.82, 2.24) is 15.5 Å². The molecule has 1 aliphatic heterocycles. The number of guanidine groups is 1. The van der Waals surface area contributed by atoms with Crippen molar-refractivity contribution in [3.63, 3.8) is 0 Å². The molecule has 1 rings (SSSR count). The number of aliphatic imine (C=N–C) groups is 1. The predicted octanol–water partition coefficient (Wildman–Crippen LogP) is 0.790. The highest BCUT2D eigenvalue weighted by atomic mass is 32.2. The van der Waals surface area contributed by atoms with E-state index in [4.69, 9.17) is 4.74 Å². The van der Waals surface area contributed by atoms with Crippen LogP contribution in [0.15, 0.2) is 4.99 Å². The minimum atomic E-state index is 0.00711. The molecule has 1 saturated heterocycles. The Kier molecular flexibility index (Phi) is 10.1. The summed E-state index contributed by atoms with van der Waals surface area (Å²) >= 11 is 1.87. The molecule has 0 aliphatic carbocycles. The minimum Gasteiger partial charge on any atom is -0.381 e. The van der Waals surface area contributed by atoms with Crippen LogP contribution >= 0.6 is 11.8 Å². The average Bonchev–Trinajstić information content (AvgIpc) is 3.01. The number of likely N-dealkylation sites (N-methyl/N-ethyl adjacent to an activating group) is 1. The molecule has 1 unspecified atom stereocenters. The maximum Gasteiger partial charge on any atom is 0.243 e. The maximum atomic E-state index is 11.7. The second-order valence-corrected chi connectivity index (χ2v) is 6.68. The van der Waals surface area contributed by atoms with Crippen molar-refractivity contribution in [2.24, 2.45) is 10.9 Å². The van der Waals surface area contributed by atoms with Crippen LogP contribution in [0.25, 0.3) is 0 Å². The van der Waals surface area contributed by atoms with Gasteiger partial charge in [-0.25, -0.2) is 4.99 Å². The van der Waals surface area contributed by atoms with Gasteiger partial charge in [0, 0.05) is 39.7 Å². The van der Waals surface area contributed by atoms with Gasteiger partial charge in [-0.15, -0.1) is 0 Å². The van der Waals surface area contributed by atoms with Gasteiger partial charge in [-0.1, -0.05) is 0 Å². The van der Waals surface area contributed by atoms with Crippen molar-refractivity contribution in [2.75, 3.05) is 59.0 Å². The van der Waals surface area contributed by atoms with Crippen LogP contribution in [0.1, 0.15) is 19.3 Å². The largest absolute Gasteiger partial charge is 0.381 e. The third kappa shape index (κ3) is 8.48. The monoisotopic (exact) mass is 330 g/mol. The maximum absolute atomic E-state index is 11.7. The molecule has 22 heavy (non-hydrogen) atoms. The first-order valence-electron chi connectivity index (χ1n) is 7.92. The molecule has 1 aliphatic rings. The first-order valence-corrected chi connectivity index (χ1v) is 9.32. The fraction of sp³-hybridized carbons (Fsp3) is 0.867. The van der Waals surface area contributed by atoms with E-state index in [-0.39, 0.29) is 12.5 Å². The van der Waals surface area contributed by atoms with Crippen LogP contribution in [0.3, 0.4) is 0 Å². The molecule has 1 fully saturated rings. The molecule has 1 amide bonds. The number of hydrogen-bond acceptors (Lipinski definition) is 4. The summed E-state index contributed by atoms with van der Waals surface area (Å²) in [6.07, 6.45) is 5.51. The number of nitrogens with one attached hydrogen (secondary N) is 2. The summed E-state index contributed by atoms with van der Waals surface area (Å²) in [5.41, 5.74) is 0. The highest BCUT2D eigenvalue weighted by Crippen LogP contribution is 2.10. The second-order valence-electron chi connectivity index (χ2n) is 5.69. The molecule has 128 valence electrons. The molecule has 1 atom stereocenters. The van der Waals surface area contributed by atoms with Gasteiger partial charge in [0.05, 0.1) is 6.61 Å². The Hall–Kier alpha value is -0.950. The van der Waals surface area contributed by atoms with Crippen molar-refractivity contribution in [2.45, 2.75) is 19.3 Å². The van der Waals surface area contributed by atoms with Crippen LogP contribution in [0, 0.1) is 5.92 Å². The molecule has 0 bridgehead atoms. The lowest BCUT2D eigenvalue weighted by molar-refractivity contribution is -0.127. The number of unbranched alkanes of at least 4 members (excludes halogenated alkanes) is 1. The Morgan fingerprint density at radius 3 is 2.82 bits per heavy atom. The van der Waals surface area contributed by atoms with Gasteiger partial charge in [-0.3, -0.25) is 4.79 Å². The first-order chi connectivity index (χ1) is 10.6. The van der Waals surface area contributed by atoms with E-state index in [1.165, 1.54) is 12.2 Å². The normalized spacial score (nSPS) is 18.3. The van der Waals surface area contributed by atoms with Crippen LogP contribution in [0.4, 0.5) is 0 Å². The minimum absolute atomic E-state index is 0.00711. The van der Waals surface area contributed by atoms with Crippen LogP contribution < -0.4 is 10.6 Å². The molecule has 1 heterocycles. The molecule has 7 heteroatoms. The van der Waals surface area contributed by atoms with E-state index in [0.717, 1.165) is 45.1 Å². The van der Waals surface area contributed by atoms with E-state index in [0.29, 0.717) is 5.92 Å². The summed E-state index contributed by atoms with van der Waals surface area (Å²) in [7, 11) is 3.49. The second kappa shape index (κ2) is 11.6. The van der Waals surface area contributed by atoms with Gasteiger partial charge in [-0.05, 0) is 31.3 Å². The lowest BCUT2D eigenvalue weighted by atomic mass is 10.1. The zero-order valence-corrected chi connectivity index (χ0v) is 14.9. The average molecular weight is 330 g/mol. The Labute approximate surface area is 138 Å². The number of rotatable bonds is 9. The molecule has 0 saturated carbocycles. The van der Waals surface area contributed by atoms with Crippen LogP contribution in [-0.4, -0.2) is 75.7 Å². The number of nitrogens with zero attached hydrogens (tertiary/aromatic N) is 2. The van der Waals surface area contributed by atoms with Crippen molar-refractivity contribution in [3.8, 4) is 0 Å². The van der Waals surface area contributed by atoms with E-state index in [1.54, 1.807) is 19.0 Å². The van der Waals surface area contributed by atoms with E-state index in [9.17, 15) is 4.79 Å². The first kappa shape index (κ1) is 19.1. The van der Waals surface area contributed by atoms with Crippen LogP contribution in [0.2, 0.25) is 0 Å². The zero-order valence-electron chi connectivity index (χ0n) is 14.1. The number of carbonyl (C=O) groups is 1. The van der Waals surface area contributed by atoms with Crippen molar-refractivity contribution < 1.29 is 9.53 Å². The third-order valence-electron chi connectivity index (χ3n) is 3.52. The molecule has 0 aromatic carbocycles. The topological polar surface area (TPSA) is 66.0 Å². The van der Waals surface area contributed by atoms with Gasteiger partial charge in [0.1, 0.15) is 6.54 Å². The summed E-state index contributed by atoms with van der Waals surface area (Å²) < 4.78 is 5.38. The van der Waals surface area contributed by atoms with E-state index in [1.807, 2.05) is 11.8 Å². The van der Waals surface area contributed by atoms with Crippen molar-refractivity contribution >= 4 is 23.6 Å². The summed E-state index contributed by atoms with van der Waals surface area (Å²) in [5, 5.41) is 6.64. The third-order valence-corrected chi connectivity index (χ3v) is 4.22. The highest BCUT2D eigenvalue weighted by Gasteiger charge is 2.15. The van der Waals surface area contributed by atoms with Gasteiger partial charge in [0.25, 0.3) is 0 Å². The van der Waals surface area contributed by atoms with E-state index in [2.05, 4.69) is 21.9 Å². The van der Waals surface area contributed by atoms with Crippen LogP contribution in [-0.2, 0) is 9.53 Å². The summed E-state index contributed by atoms with van der Waals surface area (Å²) in [6.45, 7) is 3.55. The van der Waals surface area contributed by atoms with Crippen LogP contribution in [0.5, 0.6) is 0 Å². The molecule has 6 nitrogen and oxygen atoms in total. The van der Waals surface area contributed by atoms with Gasteiger partial charge in [0.2, 0.25) is 5.91 Å². The lowest BCUT2D eigenvalue weighted by Crippen LogP contribution is -2.41. The fourth-order valence-electron chi connectivity index (χ4n) is 2.03. The Bertz CT molecular complexity index is 344. The number of ether oxygens (including phenoxy) is 1.